The lowest BCUT2D eigenvalue weighted by molar-refractivity contribution is 0.288. The predicted molar refractivity (Wildman–Crippen MR) is 76.0 cm³/mol. The fourth-order valence-corrected chi connectivity index (χ4v) is 2.93. The SMILES string of the molecule is COc1ccc(C(C)C)cc1C1(N)CCCCC1. The van der Waals surface area contributed by atoms with Crippen LogP contribution >= 0.6 is 0 Å². The molecule has 1 aliphatic carbocycles. The molecular weight excluding hydrogens is 222 g/mol. The molecule has 0 saturated heterocycles. The second-order valence-corrected chi connectivity index (χ2v) is 5.83. The smallest absolute Gasteiger partial charge is 0.123 e. The van der Waals surface area contributed by atoms with Crippen LogP contribution < -0.4 is 10.5 Å². The highest BCUT2D eigenvalue weighted by molar-refractivity contribution is 5.43. The molecule has 0 aromatic heterocycles. The van der Waals surface area contributed by atoms with E-state index in [9.17, 15) is 0 Å². The van der Waals surface area contributed by atoms with Crippen molar-refractivity contribution >= 4 is 0 Å². The molecule has 1 aromatic carbocycles. The number of rotatable bonds is 3. The highest BCUT2D eigenvalue weighted by Gasteiger charge is 2.32. The monoisotopic (exact) mass is 247 g/mol. The van der Waals surface area contributed by atoms with Crippen molar-refractivity contribution in [3.05, 3.63) is 29.3 Å². The van der Waals surface area contributed by atoms with Gasteiger partial charge in [-0.2, -0.15) is 0 Å². The van der Waals surface area contributed by atoms with Gasteiger partial charge < -0.3 is 10.5 Å². The zero-order valence-corrected chi connectivity index (χ0v) is 11.8. The predicted octanol–water partition coefficient (Wildman–Crippen LogP) is 3.94. The summed E-state index contributed by atoms with van der Waals surface area (Å²) in [5.41, 5.74) is 9.01. The van der Waals surface area contributed by atoms with Crippen LogP contribution in [0.4, 0.5) is 0 Å². The largest absolute Gasteiger partial charge is 0.496 e. The summed E-state index contributed by atoms with van der Waals surface area (Å²) < 4.78 is 5.52. The first-order valence-electron chi connectivity index (χ1n) is 7.04. The first-order valence-corrected chi connectivity index (χ1v) is 7.04. The lowest BCUT2D eigenvalue weighted by atomic mass is 9.76. The number of hydrogen-bond donors (Lipinski definition) is 1. The van der Waals surface area contributed by atoms with E-state index in [1.54, 1.807) is 7.11 Å². The van der Waals surface area contributed by atoms with E-state index in [0.29, 0.717) is 5.92 Å². The van der Waals surface area contributed by atoms with Crippen molar-refractivity contribution < 1.29 is 4.74 Å². The van der Waals surface area contributed by atoms with E-state index in [-0.39, 0.29) is 5.54 Å². The fourth-order valence-electron chi connectivity index (χ4n) is 2.93. The zero-order chi connectivity index (χ0) is 13.2. The van der Waals surface area contributed by atoms with E-state index in [0.717, 1.165) is 18.6 Å². The van der Waals surface area contributed by atoms with Crippen LogP contribution in [0.2, 0.25) is 0 Å². The average Bonchev–Trinajstić information content (AvgIpc) is 2.38. The van der Waals surface area contributed by atoms with Gasteiger partial charge in [0.2, 0.25) is 0 Å². The van der Waals surface area contributed by atoms with Gasteiger partial charge in [-0.1, -0.05) is 39.2 Å². The van der Waals surface area contributed by atoms with Crippen molar-refractivity contribution in [1.82, 2.24) is 0 Å². The van der Waals surface area contributed by atoms with Crippen molar-refractivity contribution in [2.75, 3.05) is 7.11 Å². The van der Waals surface area contributed by atoms with Gasteiger partial charge in [0, 0.05) is 11.1 Å². The Kier molecular flexibility index (Phi) is 3.96. The Bertz CT molecular complexity index is 406. The van der Waals surface area contributed by atoms with Gasteiger partial charge in [-0.25, -0.2) is 0 Å². The van der Waals surface area contributed by atoms with Gasteiger partial charge in [0.1, 0.15) is 5.75 Å². The minimum atomic E-state index is -0.186. The molecule has 0 spiro atoms. The minimum Gasteiger partial charge on any atom is -0.496 e. The third-order valence-corrected chi connectivity index (χ3v) is 4.17. The molecule has 2 heteroatoms. The maximum atomic E-state index is 6.65. The summed E-state index contributed by atoms with van der Waals surface area (Å²) in [4.78, 5) is 0. The molecule has 2 rings (SSSR count). The topological polar surface area (TPSA) is 35.2 Å². The van der Waals surface area contributed by atoms with E-state index in [4.69, 9.17) is 10.5 Å². The van der Waals surface area contributed by atoms with Crippen LogP contribution in [0.5, 0.6) is 5.75 Å². The maximum Gasteiger partial charge on any atom is 0.123 e. The molecule has 100 valence electrons. The highest BCUT2D eigenvalue weighted by atomic mass is 16.5. The summed E-state index contributed by atoms with van der Waals surface area (Å²) in [6, 6.07) is 6.49. The third-order valence-electron chi connectivity index (χ3n) is 4.17. The Morgan fingerprint density at radius 3 is 2.39 bits per heavy atom. The molecule has 0 heterocycles. The van der Waals surface area contributed by atoms with Gasteiger partial charge in [0.05, 0.1) is 7.11 Å². The molecule has 1 fully saturated rings. The van der Waals surface area contributed by atoms with Crippen molar-refractivity contribution in [3.8, 4) is 5.75 Å². The first kappa shape index (κ1) is 13.4. The molecule has 18 heavy (non-hydrogen) atoms. The zero-order valence-electron chi connectivity index (χ0n) is 11.8. The summed E-state index contributed by atoms with van der Waals surface area (Å²) >= 11 is 0. The van der Waals surface area contributed by atoms with E-state index in [1.165, 1.54) is 30.4 Å². The van der Waals surface area contributed by atoms with Crippen molar-refractivity contribution in [1.29, 1.82) is 0 Å². The van der Waals surface area contributed by atoms with E-state index in [1.807, 2.05) is 0 Å². The molecule has 1 aromatic rings. The molecule has 0 aliphatic heterocycles. The summed E-state index contributed by atoms with van der Waals surface area (Å²) in [5.74, 6) is 1.48. The second-order valence-electron chi connectivity index (χ2n) is 5.83. The Labute approximate surface area is 111 Å². The number of nitrogens with two attached hydrogens (primary N) is 1. The number of ether oxygens (including phenoxy) is 1. The summed E-state index contributed by atoms with van der Waals surface area (Å²) in [6.07, 6.45) is 5.91. The number of methoxy groups -OCH3 is 1. The van der Waals surface area contributed by atoms with Gasteiger partial charge in [0.25, 0.3) is 0 Å². The Morgan fingerprint density at radius 2 is 1.83 bits per heavy atom. The Balaban J connectivity index is 2.42. The fraction of sp³-hybridized carbons (Fsp3) is 0.625. The maximum absolute atomic E-state index is 6.65. The molecule has 0 radical (unpaired) electrons. The standard InChI is InChI=1S/C16H25NO/c1-12(2)13-7-8-15(18-3)14(11-13)16(17)9-5-4-6-10-16/h7-8,11-12H,4-6,9-10,17H2,1-3H3. The van der Waals surface area contributed by atoms with Crippen molar-refractivity contribution in [2.45, 2.75) is 57.4 Å². The molecular formula is C16H25NO. The van der Waals surface area contributed by atoms with Gasteiger partial charge in [-0.05, 0) is 36.5 Å². The molecule has 0 amide bonds. The lowest BCUT2D eigenvalue weighted by Gasteiger charge is -2.35. The number of hydrogen-bond acceptors (Lipinski definition) is 2. The van der Waals surface area contributed by atoms with E-state index in [2.05, 4.69) is 32.0 Å². The van der Waals surface area contributed by atoms with E-state index < -0.39 is 0 Å². The van der Waals surface area contributed by atoms with Gasteiger partial charge in [0.15, 0.2) is 0 Å². The van der Waals surface area contributed by atoms with Gasteiger partial charge in [-0.3, -0.25) is 0 Å². The molecule has 0 unspecified atom stereocenters. The summed E-state index contributed by atoms with van der Waals surface area (Å²) in [5, 5.41) is 0. The van der Waals surface area contributed by atoms with Crippen molar-refractivity contribution in [2.24, 2.45) is 5.73 Å². The van der Waals surface area contributed by atoms with E-state index >= 15 is 0 Å². The highest BCUT2D eigenvalue weighted by Crippen LogP contribution is 2.40. The molecule has 0 bridgehead atoms. The van der Waals surface area contributed by atoms with Gasteiger partial charge in [-0.15, -0.1) is 0 Å². The summed E-state index contributed by atoms with van der Waals surface area (Å²) in [6.45, 7) is 4.44. The van der Waals surface area contributed by atoms with Crippen LogP contribution in [0.1, 0.15) is 63.0 Å². The first-order chi connectivity index (χ1) is 8.57. The average molecular weight is 247 g/mol. The Hall–Kier alpha value is -1.02. The third kappa shape index (κ3) is 2.54. The quantitative estimate of drug-likeness (QED) is 0.878. The molecule has 2 nitrogen and oxygen atoms in total. The normalized spacial score (nSPS) is 18.9. The van der Waals surface area contributed by atoms with Crippen LogP contribution in [-0.2, 0) is 5.54 Å². The number of benzene rings is 1. The lowest BCUT2D eigenvalue weighted by Crippen LogP contribution is -2.39. The van der Waals surface area contributed by atoms with Crippen molar-refractivity contribution in [3.63, 3.8) is 0 Å². The van der Waals surface area contributed by atoms with Gasteiger partial charge >= 0.3 is 0 Å². The molecule has 1 saturated carbocycles. The van der Waals surface area contributed by atoms with Crippen LogP contribution in [-0.4, -0.2) is 7.11 Å². The van der Waals surface area contributed by atoms with Crippen LogP contribution in [0.3, 0.4) is 0 Å². The summed E-state index contributed by atoms with van der Waals surface area (Å²) in [7, 11) is 1.74. The minimum absolute atomic E-state index is 0.186. The van der Waals surface area contributed by atoms with Crippen LogP contribution in [0.15, 0.2) is 18.2 Å². The van der Waals surface area contributed by atoms with Crippen LogP contribution in [0.25, 0.3) is 0 Å². The second kappa shape index (κ2) is 5.31. The molecule has 0 atom stereocenters. The molecule has 2 N–H and O–H groups in total. The molecule has 1 aliphatic rings. The van der Waals surface area contributed by atoms with Crippen LogP contribution in [0, 0.1) is 0 Å². The Morgan fingerprint density at radius 1 is 1.17 bits per heavy atom.